The van der Waals surface area contributed by atoms with Crippen molar-refractivity contribution < 1.29 is 9.53 Å². The highest BCUT2D eigenvalue weighted by Gasteiger charge is 2.33. The van der Waals surface area contributed by atoms with Crippen molar-refractivity contribution in [2.75, 3.05) is 44.4 Å². The van der Waals surface area contributed by atoms with Crippen LogP contribution in [0.4, 0.5) is 5.69 Å². The summed E-state index contributed by atoms with van der Waals surface area (Å²) in [7, 11) is 0. The molecule has 1 saturated heterocycles. The molecular weight excluding hydrogens is 459 g/mol. The van der Waals surface area contributed by atoms with E-state index in [9.17, 15) is 4.79 Å². The van der Waals surface area contributed by atoms with Gasteiger partial charge >= 0.3 is 0 Å². The van der Waals surface area contributed by atoms with E-state index in [-0.39, 0.29) is 11.9 Å². The summed E-state index contributed by atoms with van der Waals surface area (Å²) in [6.07, 6.45) is 0.462. The molecule has 0 bridgehead atoms. The Balaban J connectivity index is 1.50. The maximum atomic E-state index is 12.8. The third-order valence-electron chi connectivity index (χ3n) is 5.40. The van der Waals surface area contributed by atoms with Gasteiger partial charge in [0.25, 0.3) is 5.91 Å². The highest BCUT2D eigenvalue weighted by molar-refractivity contribution is 6.40. The molecule has 1 N–H and O–H groups in total. The lowest BCUT2D eigenvalue weighted by molar-refractivity contribution is -0.115. The van der Waals surface area contributed by atoms with E-state index in [0.29, 0.717) is 39.4 Å². The Morgan fingerprint density at radius 3 is 2.48 bits per heavy atom. The van der Waals surface area contributed by atoms with Gasteiger partial charge in [0.05, 0.1) is 30.0 Å². The lowest BCUT2D eigenvalue weighted by atomic mass is 10.0. The summed E-state index contributed by atoms with van der Waals surface area (Å²) in [4.78, 5) is 15.1. The molecule has 2 aromatic carbocycles. The van der Waals surface area contributed by atoms with E-state index < -0.39 is 0 Å². The first-order valence-corrected chi connectivity index (χ1v) is 11.3. The maximum Gasteiger partial charge on any atom is 0.267 e. The second-order valence-corrected chi connectivity index (χ2v) is 8.75. The van der Waals surface area contributed by atoms with Crippen LogP contribution in [0.1, 0.15) is 18.0 Å². The molecule has 31 heavy (non-hydrogen) atoms. The highest BCUT2D eigenvalue weighted by atomic mass is 35.5. The Morgan fingerprint density at radius 2 is 1.77 bits per heavy atom. The third-order valence-corrected chi connectivity index (χ3v) is 6.19. The topological polar surface area (TPSA) is 57.2 Å². The van der Waals surface area contributed by atoms with Crippen LogP contribution in [0.5, 0.6) is 0 Å². The van der Waals surface area contributed by atoms with E-state index in [2.05, 4.69) is 15.3 Å². The van der Waals surface area contributed by atoms with E-state index in [1.54, 1.807) is 17.1 Å². The van der Waals surface area contributed by atoms with Gasteiger partial charge in [-0.3, -0.25) is 14.7 Å². The molecule has 164 valence electrons. The molecule has 0 aliphatic carbocycles. The fourth-order valence-corrected chi connectivity index (χ4v) is 4.36. The minimum Gasteiger partial charge on any atom is -0.379 e. The van der Waals surface area contributed by atoms with Gasteiger partial charge in [-0.25, -0.2) is 0 Å². The Bertz CT molecular complexity index is 962. The quantitative estimate of drug-likeness (QED) is 0.664. The fraction of sp³-hybridized carbons (Fsp3) is 0.364. The number of rotatable bonds is 6. The summed E-state index contributed by atoms with van der Waals surface area (Å²) in [5.74, 6) is -0.167. The van der Waals surface area contributed by atoms with Crippen molar-refractivity contribution in [3.63, 3.8) is 0 Å². The number of nitrogens with zero attached hydrogens (tertiary/aromatic N) is 3. The van der Waals surface area contributed by atoms with Gasteiger partial charge in [-0.15, -0.1) is 0 Å². The number of amides is 1. The summed E-state index contributed by atoms with van der Waals surface area (Å²) < 4.78 is 5.36. The van der Waals surface area contributed by atoms with Gasteiger partial charge < -0.3 is 10.1 Å². The molecule has 2 aromatic rings. The van der Waals surface area contributed by atoms with Gasteiger partial charge in [0, 0.05) is 42.6 Å². The molecule has 1 fully saturated rings. The van der Waals surface area contributed by atoms with Crippen LogP contribution >= 0.6 is 34.8 Å². The largest absolute Gasteiger partial charge is 0.379 e. The molecule has 2 aliphatic heterocycles. The first-order valence-electron chi connectivity index (χ1n) is 10.2. The van der Waals surface area contributed by atoms with Crippen molar-refractivity contribution in [3.8, 4) is 0 Å². The number of morpholine rings is 1. The van der Waals surface area contributed by atoms with Crippen molar-refractivity contribution in [1.82, 2.24) is 10.2 Å². The Labute approximate surface area is 196 Å². The Kier molecular flexibility index (Phi) is 7.35. The van der Waals surface area contributed by atoms with Crippen molar-refractivity contribution in [2.45, 2.75) is 12.5 Å². The van der Waals surface area contributed by atoms with Gasteiger partial charge in [-0.2, -0.15) is 5.10 Å². The number of hydrazone groups is 1. The van der Waals surface area contributed by atoms with Crippen LogP contribution in [0.15, 0.2) is 47.6 Å². The Hall–Kier alpha value is -1.83. The maximum absolute atomic E-state index is 12.8. The lowest BCUT2D eigenvalue weighted by Gasteiger charge is -2.26. The smallest absolute Gasteiger partial charge is 0.267 e. The second-order valence-electron chi connectivity index (χ2n) is 7.47. The number of benzene rings is 2. The average molecular weight is 482 g/mol. The molecule has 1 atom stereocenters. The number of halogens is 3. The molecule has 0 spiro atoms. The van der Waals surface area contributed by atoms with Gasteiger partial charge in [0.2, 0.25) is 0 Å². The minimum atomic E-state index is -0.170. The summed E-state index contributed by atoms with van der Waals surface area (Å²) in [5.41, 5.74) is 2.16. The van der Waals surface area contributed by atoms with Crippen molar-refractivity contribution in [1.29, 1.82) is 0 Å². The van der Waals surface area contributed by atoms with E-state index in [0.717, 1.165) is 38.4 Å². The molecule has 0 aromatic heterocycles. The molecule has 2 heterocycles. The van der Waals surface area contributed by atoms with E-state index in [1.165, 1.54) is 0 Å². The molecule has 4 rings (SSSR count). The molecule has 1 unspecified atom stereocenters. The van der Waals surface area contributed by atoms with Crippen LogP contribution in [0.2, 0.25) is 15.1 Å². The average Bonchev–Trinajstić information content (AvgIpc) is 3.20. The summed E-state index contributed by atoms with van der Waals surface area (Å²) >= 11 is 18.6. The number of ether oxygens (including phenoxy) is 1. The predicted molar refractivity (Wildman–Crippen MR) is 125 cm³/mol. The lowest BCUT2D eigenvalue weighted by Crippen LogP contribution is -2.42. The zero-order chi connectivity index (χ0) is 21.8. The van der Waals surface area contributed by atoms with Gasteiger partial charge in [-0.05, 0) is 35.9 Å². The monoisotopic (exact) mass is 480 g/mol. The van der Waals surface area contributed by atoms with Gasteiger partial charge in [0.15, 0.2) is 0 Å². The van der Waals surface area contributed by atoms with Gasteiger partial charge in [0.1, 0.15) is 5.71 Å². The normalized spacial score (nSPS) is 19.4. The number of nitrogens with one attached hydrogen (secondary N) is 1. The number of carbonyl (C=O) groups is 1. The molecule has 0 saturated carbocycles. The molecule has 2 aliphatic rings. The SMILES string of the molecule is O=C(NCCN1CCOCC1)C1=NN(c2ccc(Cl)cc2Cl)C(c2ccc(Cl)cc2)C1. The van der Waals surface area contributed by atoms with Crippen LogP contribution in [-0.4, -0.2) is 55.9 Å². The van der Waals surface area contributed by atoms with Crippen LogP contribution in [-0.2, 0) is 9.53 Å². The van der Waals surface area contributed by atoms with Crippen molar-refractivity contribution in [3.05, 3.63) is 63.1 Å². The van der Waals surface area contributed by atoms with Crippen molar-refractivity contribution >= 4 is 52.1 Å². The first-order chi connectivity index (χ1) is 15.0. The number of carbonyl (C=O) groups excluding carboxylic acids is 1. The third kappa shape index (κ3) is 5.51. The van der Waals surface area contributed by atoms with E-state index in [1.807, 2.05) is 30.3 Å². The molecule has 0 radical (unpaired) electrons. The van der Waals surface area contributed by atoms with Crippen LogP contribution < -0.4 is 10.3 Å². The molecule has 9 heteroatoms. The predicted octanol–water partition coefficient (Wildman–Crippen LogP) is 4.40. The van der Waals surface area contributed by atoms with Gasteiger partial charge in [-0.1, -0.05) is 46.9 Å². The fourth-order valence-electron chi connectivity index (χ4n) is 3.74. The number of anilines is 1. The van der Waals surface area contributed by atoms with Crippen LogP contribution in [0.25, 0.3) is 0 Å². The first kappa shape index (κ1) is 22.4. The van der Waals surface area contributed by atoms with Crippen molar-refractivity contribution in [2.24, 2.45) is 5.10 Å². The Morgan fingerprint density at radius 1 is 1.06 bits per heavy atom. The summed E-state index contributed by atoms with van der Waals surface area (Å²) in [6.45, 7) is 4.60. The van der Waals surface area contributed by atoms with E-state index in [4.69, 9.17) is 39.5 Å². The number of hydrogen-bond acceptors (Lipinski definition) is 5. The molecule has 1 amide bonds. The summed E-state index contributed by atoms with van der Waals surface area (Å²) in [5, 5.41) is 11.1. The van der Waals surface area contributed by atoms with E-state index >= 15 is 0 Å². The standard InChI is InChI=1S/C22H23Cl3N4O2/c23-16-3-1-15(2-4-16)21-14-19(22(30)26-7-8-28-9-11-31-12-10-28)27-29(21)20-6-5-17(24)13-18(20)25/h1-6,13,21H,7-12,14H2,(H,26,30). The van der Waals surface area contributed by atoms with Crippen LogP contribution in [0.3, 0.4) is 0 Å². The summed E-state index contributed by atoms with van der Waals surface area (Å²) in [6, 6.07) is 12.6. The zero-order valence-electron chi connectivity index (χ0n) is 16.9. The zero-order valence-corrected chi connectivity index (χ0v) is 19.1. The molecule has 6 nitrogen and oxygen atoms in total. The molecular formula is C22H23Cl3N4O2. The minimum absolute atomic E-state index is 0.167. The van der Waals surface area contributed by atoms with Crippen LogP contribution in [0, 0.1) is 0 Å². The second kappa shape index (κ2) is 10.2. The highest BCUT2D eigenvalue weighted by Crippen LogP contribution is 2.39. The number of hydrogen-bond donors (Lipinski definition) is 1.